The van der Waals surface area contributed by atoms with Crippen LogP contribution in [0.4, 0.5) is 39.5 Å². The first-order chi connectivity index (χ1) is 12.8. The Morgan fingerprint density at radius 3 is 1.60 bits per heavy atom. The molecular formula is C12H3F9N3NaO3S2. The van der Waals surface area contributed by atoms with Crippen LogP contribution in [0, 0.1) is 17.9 Å². The summed E-state index contributed by atoms with van der Waals surface area (Å²) < 4.78 is 152. The molecule has 1 unspecified atom stereocenters. The topological polar surface area (TPSA) is 93.5 Å². The Balaban J connectivity index is 0.00000841. The Bertz CT molecular complexity index is 1080. The summed E-state index contributed by atoms with van der Waals surface area (Å²) in [7, 11) is -12.5. The van der Waals surface area contributed by atoms with E-state index in [-0.39, 0.29) is 29.6 Å². The van der Waals surface area contributed by atoms with Crippen LogP contribution in [0.15, 0.2) is 23.1 Å². The van der Waals surface area contributed by atoms with E-state index in [1.54, 1.807) is 0 Å². The number of sulfonamides is 1. The van der Waals surface area contributed by atoms with Crippen molar-refractivity contribution < 1.29 is 81.7 Å². The van der Waals surface area contributed by atoms with Gasteiger partial charge < -0.3 is 4.13 Å². The summed E-state index contributed by atoms with van der Waals surface area (Å²) >= 11 is 0. The molecule has 6 nitrogen and oxygen atoms in total. The summed E-state index contributed by atoms with van der Waals surface area (Å²) in [6.45, 7) is 6.59. The molecule has 18 heteroatoms. The third kappa shape index (κ3) is 6.02. The minimum absolute atomic E-state index is 0. The monoisotopic (exact) mass is 495 g/mol. The maximum atomic E-state index is 12.9. The van der Waals surface area contributed by atoms with Crippen molar-refractivity contribution >= 4 is 24.7 Å². The van der Waals surface area contributed by atoms with E-state index in [0.717, 1.165) is 0 Å². The third-order valence-electron chi connectivity index (χ3n) is 2.84. The molecule has 0 fully saturated rings. The van der Waals surface area contributed by atoms with Crippen molar-refractivity contribution in [2.24, 2.45) is 0 Å². The van der Waals surface area contributed by atoms with Crippen LogP contribution in [0.1, 0.15) is 11.1 Å². The number of alkyl halides is 9. The number of hydrogen-bond donors (Lipinski definition) is 0. The van der Waals surface area contributed by atoms with Gasteiger partial charge >= 0.3 is 52.4 Å². The molecule has 1 aromatic carbocycles. The van der Waals surface area contributed by atoms with E-state index in [1.165, 1.54) is 0 Å². The van der Waals surface area contributed by atoms with Crippen LogP contribution in [0.2, 0.25) is 0 Å². The van der Waals surface area contributed by atoms with Crippen LogP contribution < -0.4 is 29.6 Å². The molecule has 0 aromatic heterocycles. The van der Waals surface area contributed by atoms with Crippen LogP contribution in [0.5, 0.6) is 0 Å². The van der Waals surface area contributed by atoms with Crippen molar-refractivity contribution in [2.45, 2.75) is 22.8 Å². The second-order valence-corrected chi connectivity index (χ2v) is 8.71. The maximum Gasteiger partial charge on any atom is 1.00 e. The standard InChI is InChI=1S/C12H3F9N3O3S2.Na/c1-23-9(5-22)28(25,24-29(26,27)12(19,20)21)8-3-6(10(13,14)15)2-7(4-8)11(16,17)18;/h2-4H;/q-1;+1. The molecule has 1 aromatic rings. The maximum absolute atomic E-state index is 12.9. The molecule has 30 heavy (non-hydrogen) atoms. The average Bonchev–Trinajstić information content (AvgIpc) is 2.52. The van der Waals surface area contributed by atoms with Crippen molar-refractivity contribution in [3.63, 3.8) is 0 Å². The molecule has 0 saturated carbocycles. The van der Waals surface area contributed by atoms with E-state index in [0.29, 0.717) is 6.07 Å². The third-order valence-corrected chi connectivity index (χ3v) is 6.63. The summed E-state index contributed by atoms with van der Waals surface area (Å²) in [5.74, 6) is 0. The molecule has 0 saturated heterocycles. The molecule has 0 spiro atoms. The molecule has 0 heterocycles. The van der Waals surface area contributed by atoms with Gasteiger partial charge in [0, 0.05) is 4.90 Å². The summed E-state index contributed by atoms with van der Waals surface area (Å²) in [5, 5.41) is 8.72. The smallest absolute Gasteiger partial charge is 0.466 e. The second kappa shape index (κ2) is 8.93. The number of rotatable bonds is 3. The Labute approximate surface area is 185 Å². The van der Waals surface area contributed by atoms with E-state index in [2.05, 4.69) is 4.85 Å². The minimum atomic E-state index is -6.79. The van der Waals surface area contributed by atoms with Gasteiger partial charge in [-0.15, -0.1) is 0 Å². The second-order valence-electron chi connectivity index (χ2n) is 4.79. The number of halogens is 9. The minimum Gasteiger partial charge on any atom is -0.466 e. The first kappa shape index (κ1) is 28.5. The molecular weight excluding hydrogens is 492 g/mol. The van der Waals surface area contributed by atoms with Crippen molar-refractivity contribution in [3.05, 3.63) is 44.9 Å². The molecule has 160 valence electrons. The normalized spacial score (nSPS) is 14.6. The Kier molecular flexibility index (Phi) is 8.48. The SMILES string of the molecule is [C-]#[N+]C(C#N)=S(=O)([N-]S(=O)(=O)C(F)(F)F)c1cc(C(F)(F)F)cc(C(F)(F)F)c1.[Na+]. The van der Waals surface area contributed by atoms with Crippen LogP contribution in [0.25, 0.3) is 8.97 Å². The van der Waals surface area contributed by atoms with Gasteiger partial charge in [0.25, 0.3) is 0 Å². The van der Waals surface area contributed by atoms with Crippen molar-refractivity contribution in [3.8, 4) is 6.07 Å². The Morgan fingerprint density at radius 2 is 1.33 bits per heavy atom. The predicted molar refractivity (Wildman–Crippen MR) is 78.4 cm³/mol. The van der Waals surface area contributed by atoms with Gasteiger partial charge in [0.05, 0.1) is 23.8 Å². The number of nitrogens with zero attached hydrogens (tertiary/aromatic N) is 3. The van der Waals surface area contributed by atoms with Crippen molar-refractivity contribution in [1.29, 1.82) is 5.26 Å². The van der Waals surface area contributed by atoms with Gasteiger partial charge in [0.2, 0.25) is 0 Å². The summed E-state index contributed by atoms with van der Waals surface area (Å²) in [4.78, 5) is -1.70. The van der Waals surface area contributed by atoms with Crippen LogP contribution in [-0.4, -0.2) is 23.1 Å². The molecule has 0 aliphatic carbocycles. The largest absolute Gasteiger partial charge is 1.00 e. The first-order valence-corrected chi connectivity index (χ1v) is 9.29. The summed E-state index contributed by atoms with van der Waals surface area (Å²) in [5.41, 5.74) is -10.6. The van der Waals surface area contributed by atoms with E-state index >= 15 is 0 Å². The number of nitriles is 1. The molecule has 1 atom stereocenters. The molecule has 0 aliphatic rings. The molecule has 1 rings (SSSR count). The van der Waals surface area contributed by atoms with Crippen LogP contribution >= 0.6 is 0 Å². The van der Waals surface area contributed by atoms with E-state index in [1.807, 2.05) is 4.13 Å². The molecule has 0 radical (unpaired) electrons. The van der Waals surface area contributed by atoms with Gasteiger partial charge in [0.1, 0.15) is 0 Å². The van der Waals surface area contributed by atoms with Gasteiger partial charge in [0.15, 0.2) is 10.0 Å². The van der Waals surface area contributed by atoms with E-state index < -0.39 is 76.8 Å². The fourth-order valence-corrected chi connectivity index (χ4v) is 4.72. The first-order valence-electron chi connectivity index (χ1n) is 6.33. The molecule has 0 amide bonds. The van der Waals surface area contributed by atoms with Gasteiger partial charge in [-0.2, -0.15) is 39.5 Å². The van der Waals surface area contributed by atoms with Gasteiger partial charge in [-0.3, -0.25) is 4.21 Å². The van der Waals surface area contributed by atoms with Gasteiger partial charge in [-0.25, -0.2) is 18.5 Å². The van der Waals surface area contributed by atoms with Gasteiger partial charge in [-0.05, 0) is 18.2 Å². The summed E-state index contributed by atoms with van der Waals surface area (Å²) in [6.07, 6.45) is -11.1. The summed E-state index contributed by atoms with van der Waals surface area (Å²) in [6, 6.07) is -0.601. The number of benzene rings is 1. The van der Waals surface area contributed by atoms with Crippen LogP contribution in [-0.2, 0) is 32.1 Å². The molecule has 0 N–H and O–H groups in total. The predicted octanol–water partition coefficient (Wildman–Crippen LogP) is 1.08. The molecule has 0 bridgehead atoms. The average molecular weight is 495 g/mol. The van der Waals surface area contributed by atoms with E-state index in [4.69, 9.17) is 11.8 Å². The molecule has 0 aliphatic heterocycles. The number of hydrogen-bond acceptors (Lipinski definition) is 4. The van der Waals surface area contributed by atoms with E-state index in [9.17, 15) is 52.1 Å². The quantitative estimate of drug-likeness (QED) is 0.272. The van der Waals surface area contributed by atoms with Crippen LogP contribution in [0.3, 0.4) is 0 Å². The van der Waals surface area contributed by atoms with Crippen molar-refractivity contribution in [1.82, 2.24) is 0 Å². The zero-order valence-electron chi connectivity index (χ0n) is 14.0. The van der Waals surface area contributed by atoms with Crippen molar-refractivity contribution in [2.75, 3.05) is 0 Å². The van der Waals surface area contributed by atoms with Gasteiger partial charge in [-0.1, -0.05) is 9.71 Å². The Hall–Kier alpha value is -1.50. The zero-order valence-corrected chi connectivity index (χ0v) is 17.6. The Morgan fingerprint density at radius 1 is 0.933 bits per heavy atom. The zero-order chi connectivity index (χ0) is 23.1. The fraction of sp³-hybridized carbons (Fsp3) is 0.250. The fourth-order valence-electron chi connectivity index (χ4n) is 1.61.